The van der Waals surface area contributed by atoms with Crippen molar-refractivity contribution in [2.45, 2.75) is 13.1 Å². The topological polar surface area (TPSA) is 32.5 Å². The second-order valence-corrected chi connectivity index (χ2v) is 8.85. The van der Waals surface area contributed by atoms with Crippen molar-refractivity contribution >= 4 is 27.3 Å². The molecule has 0 saturated carbocycles. The maximum Gasteiger partial charge on any atom is 0.167 e. The summed E-state index contributed by atoms with van der Waals surface area (Å²) in [5.74, 6) is 0.845. The Bertz CT molecular complexity index is 809. The van der Waals surface area contributed by atoms with Gasteiger partial charge in [0.25, 0.3) is 0 Å². The second-order valence-electron chi connectivity index (χ2n) is 6.31. The number of piperazine rings is 1. The summed E-state index contributed by atoms with van der Waals surface area (Å²) in [7, 11) is 0. The first-order valence-electron chi connectivity index (χ1n) is 8.46. The maximum absolute atomic E-state index is 5.50. The first-order valence-corrected chi connectivity index (χ1v) is 10.1. The van der Waals surface area contributed by atoms with Gasteiger partial charge in [-0.05, 0) is 28.1 Å². The highest BCUT2D eigenvalue weighted by atomic mass is 79.9. The van der Waals surface area contributed by atoms with Crippen LogP contribution in [0.1, 0.15) is 10.6 Å². The third-order valence-corrected chi connectivity index (χ3v) is 6.08. The highest BCUT2D eigenvalue weighted by Gasteiger charge is 2.19. The maximum atomic E-state index is 5.50. The normalized spacial score (nSPS) is 16.4. The van der Waals surface area contributed by atoms with Crippen molar-refractivity contribution in [1.29, 1.82) is 0 Å². The van der Waals surface area contributed by atoms with Gasteiger partial charge in [-0.1, -0.05) is 35.5 Å². The molecule has 130 valence electrons. The molecule has 4 rings (SSSR count). The third-order valence-electron chi connectivity index (χ3n) is 4.48. The molecule has 2 aromatic heterocycles. The van der Waals surface area contributed by atoms with Gasteiger partial charge < -0.3 is 4.52 Å². The predicted molar refractivity (Wildman–Crippen MR) is 105 cm³/mol. The van der Waals surface area contributed by atoms with Crippen LogP contribution < -0.4 is 0 Å². The number of aromatic nitrogens is 1. The average Bonchev–Trinajstić information content (AvgIpc) is 3.27. The summed E-state index contributed by atoms with van der Waals surface area (Å²) in [4.78, 5) is 6.39. The van der Waals surface area contributed by atoms with E-state index in [0.29, 0.717) is 0 Å². The standard InChI is InChI=1S/C19H20BrN3OS/c20-19-7-6-17(25-19)14-23-10-8-22(9-11-23)13-16-12-18(24-21-16)15-4-2-1-3-5-15/h1-7,12H,8-11,13-14H2. The summed E-state index contributed by atoms with van der Waals surface area (Å²) < 4.78 is 6.71. The minimum Gasteiger partial charge on any atom is -0.356 e. The number of nitrogens with zero attached hydrogens (tertiary/aromatic N) is 3. The zero-order valence-corrected chi connectivity index (χ0v) is 16.3. The van der Waals surface area contributed by atoms with E-state index in [1.54, 1.807) is 0 Å². The van der Waals surface area contributed by atoms with Crippen molar-refractivity contribution < 1.29 is 4.52 Å². The molecule has 0 spiro atoms. The highest BCUT2D eigenvalue weighted by Crippen LogP contribution is 2.24. The van der Waals surface area contributed by atoms with Gasteiger partial charge in [0.1, 0.15) is 0 Å². The molecule has 1 aromatic carbocycles. The molecule has 1 saturated heterocycles. The summed E-state index contributed by atoms with van der Waals surface area (Å²) >= 11 is 5.36. The van der Waals surface area contributed by atoms with Crippen LogP contribution in [0.2, 0.25) is 0 Å². The zero-order chi connectivity index (χ0) is 17.1. The highest BCUT2D eigenvalue weighted by molar-refractivity contribution is 9.11. The number of benzene rings is 1. The van der Waals surface area contributed by atoms with Gasteiger partial charge in [0.2, 0.25) is 0 Å². The Morgan fingerprint density at radius 3 is 2.36 bits per heavy atom. The molecule has 0 radical (unpaired) electrons. The Labute approximate surface area is 160 Å². The van der Waals surface area contributed by atoms with Gasteiger partial charge in [-0.25, -0.2) is 0 Å². The third kappa shape index (κ3) is 4.39. The Balaban J connectivity index is 1.29. The Hall–Kier alpha value is -1.47. The first kappa shape index (κ1) is 17.0. The van der Waals surface area contributed by atoms with Crippen LogP contribution in [0.15, 0.2) is 56.8 Å². The van der Waals surface area contributed by atoms with Crippen LogP contribution in [0.3, 0.4) is 0 Å². The molecule has 1 aliphatic heterocycles. The predicted octanol–water partition coefficient (Wildman–Crippen LogP) is 4.48. The number of hydrogen-bond acceptors (Lipinski definition) is 5. The lowest BCUT2D eigenvalue weighted by molar-refractivity contribution is 0.121. The van der Waals surface area contributed by atoms with Gasteiger partial charge in [0, 0.05) is 55.8 Å². The first-order chi connectivity index (χ1) is 12.3. The molecule has 1 fully saturated rings. The molecule has 3 aromatic rings. The van der Waals surface area contributed by atoms with Crippen LogP contribution in [-0.4, -0.2) is 41.1 Å². The van der Waals surface area contributed by atoms with E-state index in [1.165, 1.54) is 8.66 Å². The molecule has 0 bridgehead atoms. The van der Waals surface area contributed by atoms with E-state index in [0.717, 1.165) is 56.3 Å². The van der Waals surface area contributed by atoms with Crippen molar-refractivity contribution in [1.82, 2.24) is 15.0 Å². The largest absolute Gasteiger partial charge is 0.356 e. The van der Waals surface area contributed by atoms with E-state index in [1.807, 2.05) is 41.7 Å². The molecule has 0 amide bonds. The molecule has 6 heteroatoms. The fraction of sp³-hybridized carbons (Fsp3) is 0.316. The molecule has 0 N–H and O–H groups in total. The SMILES string of the molecule is Brc1ccc(CN2CCN(Cc3cc(-c4ccccc4)on3)CC2)s1. The second kappa shape index (κ2) is 7.83. The lowest BCUT2D eigenvalue weighted by atomic mass is 10.1. The van der Waals surface area contributed by atoms with Gasteiger partial charge in [-0.3, -0.25) is 9.80 Å². The van der Waals surface area contributed by atoms with Crippen LogP contribution >= 0.6 is 27.3 Å². The van der Waals surface area contributed by atoms with Gasteiger partial charge in [0.05, 0.1) is 9.48 Å². The zero-order valence-electron chi connectivity index (χ0n) is 13.9. The van der Waals surface area contributed by atoms with Gasteiger partial charge in [-0.15, -0.1) is 11.3 Å². The Morgan fingerprint density at radius 2 is 1.68 bits per heavy atom. The molecular formula is C19H20BrN3OS. The molecular weight excluding hydrogens is 398 g/mol. The molecule has 0 aliphatic carbocycles. The van der Waals surface area contributed by atoms with E-state index < -0.39 is 0 Å². The summed E-state index contributed by atoms with van der Waals surface area (Å²) in [6.45, 7) is 6.24. The monoisotopic (exact) mass is 417 g/mol. The van der Waals surface area contributed by atoms with Crippen molar-refractivity contribution in [3.8, 4) is 11.3 Å². The van der Waals surface area contributed by atoms with E-state index in [-0.39, 0.29) is 0 Å². The lowest BCUT2D eigenvalue weighted by Crippen LogP contribution is -2.45. The lowest BCUT2D eigenvalue weighted by Gasteiger charge is -2.33. The van der Waals surface area contributed by atoms with E-state index >= 15 is 0 Å². The fourth-order valence-corrected chi connectivity index (χ4v) is 4.64. The summed E-state index contributed by atoms with van der Waals surface area (Å²) in [5.41, 5.74) is 2.09. The fourth-order valence-electron chi connectivity index (χ4n) is 3.12. The van der Waals surface area contributed by atoms with E-state index in [4.69, 9.17) is 4.52 Å². The van der Waals surface area contributed by atoms with Crippen LogP contribution in [0, 0.1) is 0 Å². The van der Waals surface area contributed by atoms with Gasteiger partial charge in [0.15, 0.2) is 5.76 Å². The summed E-state index contributed by atoms with van der Waals surface area (Å²) in [6.07, 6.45) is 0. The minimum atomic E-state index is 0.845. The number of rotatable bonds is 5. The van der Waals surface area contributed by atoms with Crippen LogP contribution in [0.5, 0.6) is 0 Å². The van der Waals surface area contributed by atoms with Gasteiger partial charge in [-0.2, -0.15) is 0 Å². The quantitative estimate of drug-likeness (QED) is 0.612. The van der Waals surface area contributed by atoms with Crippen molar-refractivity contribution in [2.75, 3.05) is 26.2 Å². The number of thiophene rings is 1. The number of halogens is 1. The summed E-state index contributed by atoms with van der Waals surface area (Å²) in [6, 6.07) is 16.5. The smallest absolute Gasteiger partial charge is 0.167 e. The molecule has 4 nitrogen and oxygen atoms in total. The van der Waals surface area contributed by atoms with Crippen molar-refractivity contribution in [3.63, 3.8) is 0 Å². The molecule has 25 heavy (non-hydrogen) atoms. The van der Waals surface area contributed by atoms with Crippen molar-refractivity contribution in [3.05, 3.63) is 62.9 Å². The summed E-state index contributed by atoms with van der Waals surface area (Å²) in [5, 5.41) is 4.24. The van der Waals surface area contributed by atoms with Crippen LogP contribution in [0.4, 0.5) is 0 Å². The number of hydrogen-bond donors (Lipinski definition) is 0. The van der Waals surface area contributed by atoms with Gasteiger partial charge >= 0.3 is 0 Å². The van der Waals surface area contributed by atoms with E-state index in [9.17, 15) is 0 Å². The van der Waals surface area contributed by atoms with E-state index in [2.05, 4.69) is 49.1 Å². The molecule has 3 heterocycles. The Kier molecular flexibility index (Phi) is 5.31. The molecule has 0 atom stereocenters. The average molecular weight is 418 g/mol. The Morgan fingerprint density at radius 1 is 0.960 bits per heavy atom. The molecule has 0 unspecified atom stereocenters. The van der Waals surface area contributed by atoms with Crippen LogP contribution in [-0.2, 0) is 13.1 Å². The molecule has 1 aliphatic rings. The van der Waals surface area contributed by atoms with Crippen molar-refractivity contribution in [2.24, 2.45) is 0 Å². The minimum absolute atomic E-state index is 0.845. The van der Waals surface area contributed by atoms with Crippen LogP contribution in [0.25, 0.3) is 11.3 Å².